The van der Waals surface area contributed by atoms with Gasteiger partial charge in [0.1, 0.15) is 18.1 Å². The Bertz CT molecular complexity index is 794. The fourth-order valence-electron chi connectivity index (χ4n) is 3.26. The molecule has 1 aliphatic rings. The number of guanidine groups is 1. The topological polar surface area (TPSA) is 87.6 Å². The van der Waals surface area contributed by atoms with Gasteiger partial charge in [-0.3, -0.25) is 4.90 Å². The van der Waals surface area contributed by atoms with Gasteiger partial charge in [0, 0.05) is 52.4 Å². The summed E-state index contributed by atoms with van der Waals surface area (Å²) in [6, 6.07) is 2.01. The van der Waals surface area contributed by atoms with Crippen molar-refractivity contribution in [2.45, 2.75) is 33.4 Å². The lowest BCUT2D eigenvalue weighted by atomic mass is 10.3. The number of hydrogen-bond donors (Lipinski definition) is 1. The molecule has 0 aromatic carbocycles. The van der Waals surface area contributed by atoms with Gasteiger partial charge in [0.2, 0.25) is 0 Å². The first kappa shape index (κ1) is 21.6. The van der Waals surface area contributed by atoms with Crippen LogP contribution in [0.4, 0.5) is 0 Å². The Labute approximate surface area is 176 Å². The fourth-order valence-corrected chi connectivity index (χ4v) is 3.69. The van der Waals surface area contributed by atoms with E-state index in [-0.39, 0.29) is 0 Å². The Hall–Kier alpha value is -2.07. The van der Waals surface area contributed by atoms with Gasteiger partial charge >= 0.3 is 0 Å². The van der Waals surface area contributed by atoms with Crippen molar-refractivity contribution in [3.63, 3.8) is 0 Å². The molecule has 0 unspecified atom stereocenters. The quantitative estimate of drug-likeness (QED) is 0.390. The molecule has 0 bridgehead atoms. The van der Waals surface area contributed by atoms with Crippen LogP contribution in [0, 0.1) is 13.8 Å². The number of aliphatic imine (C=N–C) groups is 1. The molecular formula is C19H32N8OS. The van der Waals surface area contributed by atoms with Gasteiger partial charge in [0.05, 0.1) is 5.69 Å². The van der Waals surface area contributed by atoms with Gasteiger partial charge in [-0.05, 0) is 32.3 Å². The first-order valence-corrected chi connectivity index (χ1v) is 11.5. The number of rotatable bonds is 8. The molecule has 0 saturated carbocycles. The molecule has 1 N–H and O–H groups in total. The van der Waals surface area contributed by atoms with Crippen LogP contribution in [0.2, 0.25) is 0 Å². The van der Waals surface area contributed by atoms with Crippen LogP contribution < -0.4 is 5.32 Å². The molecule has 160 valence electrons. The summed E-state index contributed by atoms with van der Waals surface area (Å²) < 4.78 is 7.18. The van der Waals surface area contributed by atoms with Gasteiger partial charge < -0.3 is 19.3 Å². The molecule has 0 amide bonds. The molecule has 2 aromatic rings. The zero-order valence-electron chi connectivity index (χ0n) is 17.9. The maximum Gasteiger partial charge on any atom is 0.194 e. The number of aryl methyl sites for hydroxylation is 2. The molecule has 3 rings (SSSR count). The van der Waals surface area contributed by atoms with E-state index in [1.807, 2.05) is 43.3 Å². The van der Waals surface area contributed by atoms with Gasteiger partial charge in [-0.2, -0.15) is 11.8 Å². The normalized spacial score (nSPS) is 15.9. The summed E-state index contributed by atoms with van der Waals surface area (Å²) in [7, 11) is 1.98. The largest absolute Gasteiger partial charge is 0.361 e. The molecule has 1 saturated heterocycles. The van der Waals surface area contributed by atoms with E-state index in [4.69, 9.17) is 9.52 Å². The van der Waals surface area contributed by atoms with E-state index in [9.17, 15) is 0 Å². The lowest BCUT2D eigenvalue weighted by molar-refractivity contribution is 0.169. The highest BCUT2D eigenvalue weighted by molar-refractivity contribution is 7.98. The Kier molecular flexibility index (Phi) is 7.93. The molecule has 29 heavy (non-hydrogen) atoms. The number of hydrogen-bond acceptors (Lipinski definition) is 7. The molecule has 10 heteroatoms. The number of thioether (sulfide) groups is 1. The van der Waals surface area contributed by atoms with Crippen LogP contribution in [-0.2, 0) is 20.1 Å². The first-order valence-electron chi connectivity index (χ1n) is 10.1. The minimum atomic E-state index is 0.528. The van der Waals surface area contributed by atoms with E-state index in [1.54, 1.807) is 0 Å². The Morgan fingerprint density at radius 3 is 2.66 bits per heavy atom. The Morgan fingerprint density at radius 1 is 1.24 bits per heavy atom. The summed E-state index contributed by atoms with van der Waals surface area (Å²) in [6.07, 6.45) is 3.26. The van der Waals surface area contributed by atoms with Gasteiger partial charge in [-0.25, -0.2) is 4.99 Å². The SMILES string of the molecule is CSCCCNC(=NCc1nnc(C)n1C)N1CCN(Cc2cc(C)on2)CC1. The summed E-state index contributed by atoms with van der Waals surface area (Å²) in [5.74, 6) is 4.76. The molecule has 1 fully saturated rings. The average Bonchev–Trinajstić information content (AvgIpc) is 3.27. The minimum Gasteiger partial charge on any atom is -0.361 e. The number of nitrogens with one attached hydrogen (secondary N) is 1. The third-order valence-corrected chi connectivity index (χ3v) is 5.79. The monoisotopic (exact) mass is 420 g/mol. The van der Waals surface area contributed by atoms with Crippen molar-refractivity contribution < 1.29 is 4.52 Å². The van der Waals surface area contributed by atoms with Gasteiger partial charge in [-0.1, -0.05) is 5.16 Å². The zero-order chi connectivity index (χ0) is 20.6. The highest BCUT2D eigenvalue weighted by atomic mass is 32.2. The summed E-state index contributed by atoms with van der Waals surface area (Å²) in [4.78, 5) is 9.61. The van der Waals surface area contributed by atoms with Crippen molar-refractivity contribution in [1.29, 1.82) is 0 Å². The first-order chi connectivity index (χ1) is 14.1. The molecular weight excluding hydrogens is 388 g/mol. The highest BCUT2D eigenvalue weighted by Gasteiger charge is 2.21. The van der Waals surface area contributed by atoms with E-state index in [0.29, 0.717) is 6.54 Å². The maximum absolute atomic E-state index is 5.18. The Balaban J connectivity index is 1.58. The van der Waals surface area contributed by atoms with Crippen LogP contribution in [0.25, 0.3) is 0 Å². The highest BCUT2D eigenvalue weighted by Crippen LogP contribution is 2.10. The molecule has 0 aliphatic carbocycles. The number of aromatic nitrogens is 4. The second kappa shape index (κ2) is 10.6. The van der Waals surface area contributed by atoms with Crippen molar-refractivity contribution in [3.05, 3.63) is 29.2 Å². The minimum absolute atomic E-state index is 0.528. The van der Waals surface area contributed by atoms with Crippen molar-refractivity contribution >= 4 is 17.7 Å². The number of nitrogens with zero attached hydrogens (tertiary/aromatic N) is 7. The van der Waals surface area contributed by atoms with Crippen molar-refractivity contribution in [3.8, 4) is 0 Å². The molecule has 9 nitrogen and oxygen atoms in total. The lowest BCUT2D eigenvalue weighted by Crippen LogP contribution is -2.52. The molecule has 0 radical (unpaired) electrons. The maximum atomic E-state index is 5.18. The van der Waals surface area contributed by atoms with Crippen LogP contribution in [-0.4, -0.2) is 80.4 Å². The van der Waals surface area contributed by atoms with Gasteiger partial charge in [-0.15, -0.1) is 10.2 Å². The van der Waals surface area contributed by atoms with Crippen molar-refractivity contribution in [2.75, 3.05) is 44.7 Å². The summed E-state index contributed by atoms with van der Waals surface area (Å²) in [6.45, 7) is 9.98. The third-order valence-electron chi connectivity index (χ3n) is 5.10. The number of piperazine rings is 1. The fraction of sp³-hybridized carbons (Fsp3) is 0.684. The lowest BCUT2D eigenvalue weighted by Gasteiger charge is -2.36. The van der Waals surface area contributed by atoms with E-state index < -0.39 is 0 Å². The van der Waals surface area contributed by atoms with Crippen molar-refractivity contribution in [2.24, 2.45) is 12.0 Å². The smallest absolute Gasteiger partial charge is 0.194 e. The van der Waals surface area contributed by atoms with Gasteiger partial charge in [0.15, 0.2) is 11.8 Å². The molecule has 1 aliphatic heterocycles. The third kappa shape index (κ3) is 6.20. The average molecular weight is 421 g/mol. The van der Waals surface area contributed by atoms with Crippen LogP contribution in [0.15, 0.2) is 15.6 Å². The predicted octanol–water partition coefficient (Wildman–Crippen LogP) is 1.44. The van der Waals surface area contributed by atoms with Crippen LogP contribution in [0.1, 0.15) is 29.5 Å². The molecule has 3 heterocycles. The molecule has 0 atom stereocenters. The molecule has 2 aromatic heterocycles. The van der Waals surface area contributed by atoms with Crippen LogP contribution in [0.5, 0.6) is 0 Å². The second-order valence-corrected chi connectivity index (χ2v) is 8.31. The zero-order valence-corrected chi connectivity index (χ0v) is 18.7. The summed E-state index contributed by atoms with van der Waals surface area (Å²) in [5, 5.41) is 16.0. The second-order valence-electron chi connectivity index (χ2n) is 7.33. The van der Waals surface area contributed by atoms with E-state index in [0.717, 1.165) is 80.5 Å². The predicted molar refractivity (Wildman–Crippen MR) is 116 cm³/mol. The van der Waals surface area contributed by atoms with Crippen LogP contribution in [0.3, 0.4) is 0 Å². The van der Waals surface area contributed by atoms with E-state index in [2.05, 4.69) is 36.7 Å². The summed E-state index contributed by atoms with van der Waals surface area (Å²) >= 11 is 1.87. The van der Waals surface area contributed by atoms with E-state index in [1.165, 1.54) is 0 Å². The molecule has 0 spiro atoms. The van der Waals surface area contributed by atoms with E-state index >= 15 is 0 Å². The van der Waals surface area contributed by atoms with Crippen molar-refractivity contribution in [1.82, 2.24) is 35.0 Å². The Morgan fingerprint density at radius 2 is 2.03 bits per heavy atom. The van der Waals surface area contributed by atoms with Crippen LogP contribution >= 0.6 is 11.8 Å². The summed E-state index contributed by atoms with van der Waals surface area (Å²) in [5.41, 5.74) is 0.998. The van der Waals surface area contributed by atoms with Gasteiger partial charge in [0.25, 0.3) is 0 Å². The standard InChI is InChI=1S/C19H32N8OS/c1-15-12-17(24-28-15)14-26-7-9-27(10-8-26)19(20-6-5-11-29-4)21-13-18-23-22-16(2)25(18)3/h12H,5-11,13-14H2,1-4H3,(H,20,21).